The molecule has 0 aromatic heterocycles. The zero-order chi connectivity index (χ0) is 17.6. The number of likely N-dealkylation sites (tertiary alicyclic amines) is 1. The smallest absolute Gasteiger partial charge is 0.236 e. The number of benzene rings is 1. The average Bonchev–Trinajstić information content (AvgIpc) is 2.65. The number of amides is 2. The monoisotopic (exact) mass is 347 g/mol. The van der Waals surface area contributed by atoms with E-state index in [2.05, 4.69) is 4.90 Å². The first-order valence-corrected chi connectivity index (χ1v) is 9.15. The van der Waals surface area contributed by atoms with E-state index >= 15 is 0 Å². The molecular formula is C19H26FN3O2. The van der Waals surface area contributed by atoms with Gasteiger partial charge in [-0.25, -0.2) is 4.39 Å². The summed E-state index contributed by atoms with van der Waals surface area (Å²) < 4.78 is 13.7. The van der Waals surface area contributed by atoms with Crippen molar-refractivity contribution in [2.24, 2.45) is 0 Å². The maximum absolute atomic E-state index is 13.7. The first-order valence-electron chi connectivity index (χ1n) is 9.15. The van der Waals surface area contributed by atoms with Gasteiger partial charge in [0.05, 0.1) is 13.0 Å². The van der Waals surface area contributed by atoms with Gasteiger partial charge in [-0.1, -0.05) is 18.2 Å². The Kier molecular flexibility index (Phi) is 6.02. The normalized spacial score (nSPS) is 19.1. The molecule has 0 saturated carbocycles. The van der Waals surface area contributed by atoms with Crippen molar-refractivity contribution in [3.63, 3.8) is 0 Å². The van der Waals surface area contributed by atoms with Gasteiger partial charge in [-0.2, -0.15) is 0 Å². The predicted octanol–water partition coefficient (Wildman–Crippen LogP) is 1.52. The molecule has 2 fully saturated rings. The second-order valence-corrected chi connectivity index (χ2v) is 6.87. The van der Waals surface area contributed by atoms with Crippen LogP contribution >= 0.6 is 0 Å². The lowest BCUT2D eigenvalue weighted by atomic mass is 10.1. The highest BCUT2D eigenvalue weighted by Gasteiger charge is 2.25. The van der Waals surface area contributed by atoms with Crippen LogP contribution in [0.4, 0.5) is 4.39 Å². The molecule has 1 aromatic carbocycles. The largest absolute Gasteiger partial charge is 0.342 e. The van der Waals surface area contributed by atoms with Crippen LogP contribution < -0.4 is 0 Å². The van der Waals surface area contributed by atoms with Crippen LogP contribution in [0.15, 0.2) is 24.3 Å². The van der Waals surface area contributed by atoms with Gasteiger partial charge in [0.15, 0.2) is 0 Å². The van der Waals surface area contributed by atoms with Crippen molar-refractivity contribution in [1.29, 1.82) is 0 Å². The summed E-state index contributed by atoms with van der Waals surface area (Å²) in [6.45, 7) is 4.78. The minimum absolute atomic E-state index is 0.0490. The van der Waals surface area contributed by atoms with E-state index in [1.165, 1.54) is 12.5 Å². The molecule has 2 aliphatic heterocycles. The third-order valence-corrected chi connectivity index (χ3v) is 5.09. The Morgan fingerprint density at radius 1 is 0.840 bits per heavy atom. The van der Waals surface area contributed by atoms with E-state index in [1.807, 2.05) is 4.90 Å². The number of halogens is 1. The van der Waals surface area contributed by atoms with Gasteiger partial charge in [-0.15, -0.1) is 0 Å². The maximum atomic E-state index is 13.7. The Bertz CT molecular complexity index is 608. The van der Waals surface area contributed by atoms with Crippen LogP contribution in [0.5, 0.6) is 0 Å². The lowest BCUT2D eigenvalue weighted by Gasteiger charge is -2.36. The zero-order valence-electron chi connectivity index (χ0n) is 14.6. The van der Waals surface area contributed by atoms with Gasteiger partial charge in [0.25, 0.3) is 0 Å². The number of carbonyl (C=O) groups is 2. The van der Waals surface area contributed by atoms with E-state index in [4.69, 9.17) is 0 Å². The summed E-state index contributed by atoms with van der Waals surface area (Å²) in [6.07, 6.45) is 3.51. The molecule has 6 heteroatoms. The highest BCUT2D eigenvalue weighted by molar-refractivity contribution is 5.79. The average molecular weight is 347 g/mol. The molecule has 1 aromatic rings. The van der Waals surface area contributed by atoms with E-state index in [-0.39, 0.29) is 24.1 Å². The molecule has 0 spiro atoms. The summed E-state index contributed by atoms with van der Waals surface area (Å²) in [6, 6.07) is 6.41. The fourth-order valence-corrected chi connectivity index (χ4v) is 3.51. The number of hydrogen-bond donors (Lipinski definition) is 0. The summed E-state index contributed by atoms with van der Waals surface area (Å²) >= 11 is 0. The number of piperidine rings is 1. The fraction of sp³-hybridized carbons (Fsp3) is 0.579. The highest BCUT2D eigenvalue weighted by atomic mass is 19.1. The molecular weight excluding hydrogens is 321 g/mol. The first-order chi connectivity index (χ1) is 12.1. The van der Waals surface area contributed by atoms with Crippen LogP contribution in [-0.4, -0.2) is 72.3 Å². The molecule has 2 aliphatic rings. The summed E-state index contributed by atoms with van der Waals surface area (Å²) in [5, 5.41) is 0. The second kappa shape index (κ2) is 8.43. The van der Waals surface area contributed by atoms with Gasteiger partial charge in [0.1, 0.15) is 5.82 Å². The Labute approximate surface area is 148 Å². The Hall–Kier alpha value is -1.95. The SMILES string of the molecule is O=C(Cc1ccccc1F)N1CCN(CC(=O)N2CCCCC2)CC1. The summed E-state index contributed by atoms with van der Waals surface area (Å²) in [5.41, 5.74) is 0.440. The molecule has 0 bridgehead atoms. The van der Waals surface area contributed by atoms with Crippen molar-refractivity contribution in [3.8, 4) is 0 Å². The summed E-state index contributed by atoms with van der Waals surface area (Å²) in [7, 11) is 0. The van der Waals surface area contributed by atoms with Crippen LogP contribution in [0.3, 0.4) is 0 Å². The van der Waals surface area contributed by atoms with E-state index in [9.17, 15) is 14.0 Å². The number of hydrogen-bond acceptors (Lipinski definition) is 3. The highest BCUT2D eigenvalue weighted by Crippen LogP contribution is 2.12. The number of nitrogens with zero attached hydrogens (tertiary/aromatic N) is 3. The van der Waals surface area contributed by atoms with Crippen LogP contribution in [0.2, 0.25) is 0 Å². The molecule has 0 aliphatic carbocycles. The van der Waals surface area contributed by atoms with Crippen LogP contribution in [0, 0.1) is 5.82 Å². The van der Waals surface area contributed by atoms with Crippen LogP contribution in [-0.2, 0) is 16.0 Å². The molecule has 25 heavy (non-hydrogen) atoms. The molecule has 136 valence electrons. The minimum Gasteiger partial charge on any atom is -0.342 e. The zero-order valence-corrected chi connectivity index (χ0v) is 14.6. The number of piperazine rings is 1. The van der Waals surface area contributed by atoms with Crippen molar-refractivity contribution in [3.05, 3.63) is 35.6 Å². The van der Waals surface area contributed by atoms with Gasteiger partial charge in [-0.3, -0.25) is 14.5 Å². The number of rotatable bonds is 4. The van der Waals surface area contributed by atoms with Crippen LogP contribution in [0.25, 0.3) is 0 Å². The minimum atomic E-state index is -0.332. The van der Waals surface area contributed by atoms with Crippen molar-refractivity contribution < 1.29 is 14.0 Å². The van der Waals surface area contributed by atoms with E-state index in [0.717, 1.165) is 25.9 Å². The van der Waals surface area contributed by atoms with Crippen LogP contribution in [0.1, 0.15) is 24.8 Å². The molecule has 0 radical (unpaired) electrons. The maximum Gasteiger partial charge on any atom is 0.236 e. The van der Waals surface area contributed by atoms with E-state index < -0.39 is 0 Å². The van der Waals surface area contributed by atoms with Gasteiger partial charge in [-0.05, 0) is 30.9 Å². The quantitative estimate of drug-likeness (QED) is 0.830. The predicted molar refractivity (Wildman–Crippen MR) is 93.6 cm³/mol. The summed E-state index contributed by atoms with van der Waals surface area (Å²) in [5.74, 6) is -0.181. The molecule has 3 rings (SSSR count). The molecule has 2 amide bonds. The molecule has 2 heterocycles. The van der Waals surface area contributed by atoms with Crippen molar-refractivity contribution in [2.75, 3.05) is 45.8 Å². The van der Waals surface area contributed by atoms with E-state index in [1.54, 1.807) is 23.1 Å². The second-order valence-electron chi connectivity index (χ2n) is 6.87. The Morgan fingerprint density at radius 3 is 2.16 bits per heavy atom. The van der Waals surface area contributed by atoms with Gasteiger partial charge in [0.2, 0.25) is 11.8 Å². The molecule has 2 saturated heterocycles. The fourth-order valence-electron chi connectivity index (χ4n) is 3.51. The third-order valence-electron chi connectivity index (χ3n) is 5.09. The van der Waals surface area contributed by atoms with Crippen molar-refractivity contribution in [2.45, 2.75) is 25.7 Å². The molecule has 0 atom stereocenters. The summed E-state index contributed by atoms with van der Waals surface area (Å²) in [4.78, 5) is 30.5. The Balaban J connectivity index is 1.44. The van der Waals surface area contributed by atoms with Gasteiger partial charge >= 0.3 is 0 Å². The first kappa shape index (κ1) is 17.9. The Morgan fingerprint density at radius 2 is 1.48 bits per heavy atom. The number of carbonyl (C=O) groups excluding carboxylic acids is 2. The van der Waals surface area contributed by atoms with Crippen molar-refractivity contribution >= 4 is 11.8 Å². The lowest BCUT2D eigenvalue weighted by Crippen LogP contribution is -2.52. The van der Waals surface area contributed by atoms with Crippen molar-refractivity contribution in [1.82, 2.24) is 14.7 Å². The lowest BCUT2D eigenvalue weighted by molar-refractivity contribution is -0.135. The topological polar surface area (TPSA) is 43.9 Å². The standard InChI is InChI=1S/C19H26FN3O2/c20-17-7-3-2-6-16(17)14-18(24)23-12-10-21(11-13-23)15-19(25)22-8-4-1-5-9-22/h2-3,6-7H,1,4-5,8-15H2. The van der Waals surface area contributed by atoms with Gasteiger partial charge in [0, 0.05) is 39.3 Å². The third kappa shape index (κ3) is 4.78. The molecule has 5 nitrogen and oxygen atoms in total. The van der Waals surface area contributed by atoms with Gasteiger partial charge < -0.3 is 9.80 Å². The molecule has 0 unspecified atom stereocenters. The van der Waals surface area contributed by atoms with E-state index in [0.29, 0.717) is 38.3 Å². The molecule has 0 N–H and O–H groups in total.